The van der Waals surface area contributed by atoms with Crippen molar-refractivity contribution in [1.82, 2.24) is 0 Å². The number of hydrogen-bond acceptors (Lipinski definition) is 2. The summed E-state index contributed by atoms with van der Waals surface area (Å²) in [6.07, 6.45) is 2.75. The lowest BCUT2D eigenvalue weighted by molar-refractivity contribution is -0.143. The molecule has 0 N–H and O–H groups in total. The van der Waals surface area contributed by atoms with Gasteiger partial charge in [0.05, 0.1) is 6.61 Å². The lowest BCUT2D eigenvalue weighted by Crippen LogP contribution is -2.20. The van der Waals surface area contributed by atoms with Crippen molar-refractivity contribution in [2.24, 2.45) is 0 Å². The molecule has 0 aliphatic heterocycles. The van der Waals surface area contributed by atoms with Crippen LogP contribution < -0.4 is 0 Å². The predicted octanol–water partition coefficient (Wildman–Crippen LogP) is 3.27. The van der Waals surface area contributed by atoms with Gasteiger partial charge in [-0.25, -0.2) is 0 Å². The molecule has 0 saturated heterocycles. The Labute approximate surface area is 96.7 Å². The number of alkyl halides is 2. The number of carbonyl (C=O) groups is 1. The van der Waals surface area contributed by atoms with Gasteiger partial charge in [-0.3, -0.25) is 4.79 Å². The first kappa shape index (κ1) is 13.4. The van der Waals surface area contributed by atoms with E-state index in [0.717, 1.165) is 19.3 Å². The molecule has 0 bridgehead atoms. The highest BCUT2D eigenvalue weighted by molar-refractivity contribution is 9.10. The monoisotopic (exact) mass is 314 g/mol. The van der Waals surface area contributed by atoms with E-state index in [1.54, 1.807) is 0 Å². The van der Waals surface area contributed by atoms with Gasteiger partial charge in [-0.1, -0.05) is 52.1 Å². The molecule has 0 fully saturated rings. The van der Waals surface area contributed by atoms with Crippen molar-refractivity contribution in [3.05, 3.63) is 0 Å². The molecule has 0 aromatic carbocycles. The number of halogens is 2. The molecule has 0 aromatic rings. The molecular formula is C9H16Br2O2. The zero-order chi connectivity index (χ0) is 10.3. The molecule has 2 atom stereocenters. The Morgan fingerprint density at radius 1 is 1.46 bits per heavy atom. The second-order valence-corrected chi connectivity index (χ2v) is 5.67. The first-order chi connectivity index (χ1) is 6.07. The number of carbonyl (C=O) groups excluding carboxylic acids is 1. The second-order valence-electron chi connectivity index (χ2n) is 3.01. The third-order valence-corrected chi connectivity index (χ3v) is 2.65. The molecule has 2 nitrogen and oxygen atoms in total. The Balaban J connectivity index is 3.57. The Kier molecular flexibility index (Phi) is 8.06. The Morgan fingerprint density at radius 3 is 2.54 bits per heavy atom. The molecule has 2 unspecified atom stereocenters. The van der Waals surface area contributed by atoms with Crippen molar-refractivity contribution in [3.63, 3.8) is 0 Å². The van der Waals surface area contributed by atoms with E-state index < -0.39 is 0 Å². The van der Waals surface area contributed by atoms with Crippen LogP contribution in [0.5, 0.6) is 0 Å². The predicted molar refractivity (Wildman–Crippen MR) is 61.6 cm³/mol. The van der Waals surface area contributed by atoms with Crippen molar-refractivity contribution in [3.8, 4) is 0 Å². The average molecular weight is 316 g/mol. The Morgan fingerprint density at radius 2 is 2.08 bits per heavy atom. The zero-order valence-electron chi connectivity index (χ0n) is 8.06. The summed E-state index contributed by atoms with van der Waals surface area (Å²) in [5.41, 5.74) is 0. The standard InChI is InChI=1S/C9H16Br2O2/c1-3-4-5-13-9(12)8(11)6-7(2)10/h7-8H,3-6H2,1-2H3. The Bertz CT molecular complexity index is 149. The van der Waals surface area contributed by atoms with Crippen LogP contribution in [0.2, 0.25) is 0 Å². The minimum atomic E-state index is -0.182. The average Bonchev–Trinajstić information content (AvgIpc) is 2.03. The quantitative estimate of drug-likeness (QED) is 0.427. The maximum absolute atomic E-state index is 11.3. The SMILES string of the molecule is CCCCOC(=O)C(Br)CC(C)Br. The van der Waals surface area contributed by atoms with E-state index >= 15 is 0 Å². The van der Waals surface area contributed by atoms with Crippen molar-refractivity contribution < 1.29 is 9.53 Å². The highest BCUT2D eigenvalue weighted by atomic mass is 79.9. The van der Waals surface area contributed by atoms with Gasteiger partial charge in [0.15, 0.2) is 0 Å². The topological polar surface area (TPSA) is 26.3 Å². The summed E-state index contributed by atoms with van der Waals surface area (Å²) in [4.78, 5) is 11.4. The molecule has 0 aliphatic carbocycles. The molecule has 0 amide bonds. The van der Waals surface area contributed by atoms with Crippen LogP contribution in [0.4, 0.5) is 0 Å². The molecule has 0 aliphatic rings. The molecular weight excluding hydrogens is 300 g/mol. The van der Waals surface area contributed by atoms with E-state index in [1.807, 2.05) is 6.92 Å². The molecule has 0 saturated carbocycles. The summed E-state index contributed by atoms with van der Waals surface area (Å²) in [5, 5.41) is 0. The smallest absolute Gasteiger partial charge is 0.319 e. The molecule has 0 spiro atoms. The van der Waals surface area contributed by atoms with Crippen LogP contribution in [-0.2, 0) is 9.53 Å². The van der Waals surface area contributed by atoms with Crippen LogP contribution in [0, 0.1) is 0 Å². The lowest BCUT2D eigenvalue weighted by Gasteiger charge is -2.10. The summed E-state index contributed by atoms with van der Waals surface area (Å²) in [5.74, 6) is -0.153. The maximum atomic E-state index is 11.3. The van der Waals surface area contributed by atoms with E-state index in [2.05, 4.69) is 38.8 Å². The Hall–Kier alpha value is 0.430. The van der Waals surface area contributed by atoms with Gasteiger partial charge in [0.2, 0.25) is 0 Å². The summed E-state index contributed by atoms with van der Waals surface area (Å²) in [6, 6.07) is 0. The third kappa shape index (κ3) is 7.50. The van der Waals surface area contributed by atoms with Gasteiger partial charge in [0, 0.05) is 4.83 Å². The molecule has 0 radical (unpaired) electrons. The lowest BCUT2D eigenvalue weighted by atomic mass is 10.2. The van der Waals surface area contributed by atoms with Crippen molar-refractivity contribution >= 4 is 37.8 Å². The largest absolute Gasteiger partial charge is 0.465 e. The van der Waals surface area contributed by atoms with Crippen LogP contribution in [0.15, 0.2) is 0 Å². The van der Waals surface area contributed by atoms with Gasteiger partial charge in [0.1, 0.15) is 4.83 Å². The molecule has 4 heteroatoms. The summed E-state index contributed by atoms with van der Waals surface area (Å²) < 4.78 is 5.04. The third-order valence-electron chi connectivity index (χ3n) is 1.53. The van der Waals surface area contributed by atoms with Crippen molar-refractivity contribution in [1.29, 1.82) is 0 Å². The van der Waals surface area contributed by atoms with Gasteiger partial charge in [-0.15, -0.1) is 0 Å². The fourth-order valence-corrected chi connectivity index (χ4v) is 2.36. The van der Waals surface area contributed by atoms with Crippen molar-refractivity contribution in [2.45, 2.75) is 42.8 Å². The molecule has 13 heavy (non-hydrogen) atoms. The number of unbranched alkanes of at least 4 members (excludes halogenated alkanes) is 1. The van der Waals surface area contributed by atoms with Crippen molar-refractivity contribution in [2.75, 3.05) is 6.61 Å². The first-order valence-electron chi connectivity index (χ1n) is 4.52. The highest BCUT2D eigenvalue weighted by Crippen LogP contribution is 2.15. The van der Waals surface area contributed by atoms with Gasteiger partial charge >= 0.3 is 5.97 Å². The highest BCUT2D eigenvalue weighted by Gasteiger charge is 2.17. The van der Waals surface area contributed by atoms with Crippen LogP contribution >= 0.6 is 31.9 Å². The van der Waals surface area contributed by atoms with E-state index in [1.165, 1.54) is 0 Å². The van der Waals surface area contributed by atoms with Crippen LogP contribution in [0.25, 0.3) is 0 Å². The maximum Gasteiger partial charge on any atom is 0.319 e. The van der Waals surface area contributed by atoms with E-state index in [4.69, 9.17) is 4.74 Å². The van der Waals surface area contributed by atoms with Gasteiger partial charge in [-0.05, 0) is 12.8 Å². The molecule has 78 valence electrons. The number of hydrogen-bond donors (Lipinski definition) is 0. The van der Waals surface area contributed by atoms with E-state index in [-0.39, 0.29) is 10.8 Å². The molecule has 0 rings (SSSR count). The van der Waals surface area contributed by atoms with Gasteiger partial charge in [-0.2, -0.15) is 0 Å². The second kappa shape index (κ2) is 7.80. The minimum Gasteiger partial charge on any atom is -0.465 e. The van der Waals surface area contributed by atoms with Crippen LogP contribution in [-0.4, -0.2) is 22.2 Å². The number of ether oxygens (including phenoxy) is 1. The summed E-state index contributed by atoms with van der Waals surface area (Å²) in [7, 11) is 0. The normalized spacial score (nSPS) is 15.1. The fourth-order valence-electron chi connectivity index (χ4n) is 0.789. The van der Waals surface area contributed by atoms with E-state index in [0.29, 0.717) is 11.4 Å². The number of rotatable bonds is 6. The van der Waals surface area contributed by atoms with Gasteiger partial charge in [0.25, 0.3) is 0 Å². The van der Waals surface area contributed by atoms with Crippen LogP contribution in [0.3, 0.4) is 0 Å². The first-order valence-corrected chi connectivity index (χ1v) is 6.35. The number of esters is 1. The molecule has 0 heterocycles. The summed E-state index contributed by atoms with van der Waals surface area (Å²) in [6.45, 7) is 4.61. The van der Waals surface area contributed by atoms with E-state index in [9.17, 15) is 4.79 Å². The fraction of sp³-hybridized carbons (Fsp3) is 0.889. The molecule has 0 aromatic heterocycles. The minimum absolute atomic E-state index is 0.153. The van der Waals surface area contributed by atoms with Gasteiger partial charge < -0.3 is 4.74 Å². The van der Waals surface area contributed by atoms with Crippen LogP contribution in [0.1, 0.15) is 33.1 Å². The zero-order valence-corrected chi connectivity index (χ0v) is 11.2. The summed E-state index contributed by atoms with van der Waals surface area (Å²) >= 11 is 6.68.